The number of methoxy groups -OCH3 is 3. The summed E-state index contributed by atoms with van der Waals surface area (Å²) in [6.07, 6.45) is 6.00. The second kappa shape index (κ2) is 6.57. The summed E-state index contributed by atoms with van der Waals surface area (Å²) < 4.78 is 16.1. The van der Waals surface area contributed by atoms with Crippen molar-refractivity contribution in [2.45, 2.75) is 0 Å². The van der Waals surface area contributed by atoms with Crippen molar-refractivity contribution in [3.63, 3.8) is 0 Å². The van der Waals surface area contributed by atoms with Gasteiger partial charge in [0.1, 0.15) is 0 Å². The summed E-state index contributed by atoms with van der Waals surface area (Å²) in [4.78, 5) is 2.09. The molecule has 5 heteroatoms. The Kier molecular flexibility index (Phi) is 4.79. The average Bonchev–Trinajstić information content (AvgIpc) is 2.53. The Hall–Kier alpha value is -1.81. The van der Waals surface area contributed by atoms with Crippen LogP contribution in [0.2, 0.25) is 0 Å². The molecule has 0 unspecified atom stereocenters. The van der Waals surface area contributed by atoms with Crippen LogP contribution in [-0.4, -0.2) is 33.8 Å². The van der Waals surface area contributed by atoms with Crippen molar-refractivity contribution in [3.8, 4) is 17.2 Å². The minimum atomic E-state index is 0.519. The molecule has 4 nitrogen and oxygen atoms in total. The third-order valence-corrected chi connectivity index (χ3v) is 3.47. The average molecular weight is 296 g/mol. The van der Waals surface area contributed by atoms with E-state index in [4.69, 9.17) is 25.8 Å². The summed E-state index contributed by atoms with van der Waals surface area (Å²) in [5.41, 5.74) is 2.12. The smallest absolute Gasteiger partial charge is 0.203 e. The SMILES string of the molecule is COc1cc(N2C=CC=C(CCl)C2)cc(OC)c1OC. The Morgan fingerprint density at radius 3 is 2.25 bits per heavy atom. The Labute approximate surface area is 124 Å². The third-order valence-electron chi connectivity index (χ3n) is 3.12. The minimum Gasteiger partial charge on any atom is -0.493 e. The van der Waals surface area contributed by atoms with Crippen LogP contribution in [-0.2, 0) is 0 Å². The van der Waals surface area contributed by atoms with E-state index in [0.29, 0.717) is 23.1 Å². The maximum absolute atomic E-state index is 5.90. The zero-order valence-electron chi connectivity index (χ0n) is 11.9. The molecule has 0 amide bonds. The molecule has 0 atom stereocenters. The van der Waals surface area contributed by atoms with Gasteiger partial charge in [0, 0.05) is 36.4 Å². The molecule has 20 heavy (non-hydrogen) atoms. The lowest BCUT2D eigenvalue weighted by atomic mass is 10.1. The van der Waals surface area contributed by atoms with E-state index in [2.05, 4.69) is 4.90 Å². The number of allylic oxidation sites excluding steroid dienone is 2. The molecular weight excluding hydrogens is 278 g/mol. The topological polar surface area (TPSA) is 30.9 Å². The van der Waals surface area contributed by atoms with Gasteiger partial charge in [-0.25, -0.2) is 0 Å². The fourth-order valence-electron chi connectivity index (χ4n) is 2.10. The van der Waals surface area contributed by atoms with E-state index in [-0.39, 0.29) is 0 Å². The third kappa shape index (κ3) is 2.85. The first kappa shape index (κ1) is 14.6. The summed E-state index contributed by atoms with van der Waals surface area (Å²) in [5, 5.41) is 0. The van der Waals surface area contributed by atoms with Crippen LogP contribution in [0.4, 0.5) is 5.69 Å². The molecule has 1 aliphatic heterocycles. The standard InChI is InChI=1S/C15H18ClNO3/c1-18-13-7-12(8-14(19-2)15(13)20-3)17-6-4-5-11(9-16)10-17/h4-8H,9-10H2,1-3H3. The Bertz CT molecular complexity index is 515. The number of rotatable bonds is 5. The second-order valence-corrected chi connectivity index (χ2v) is 4.58. The van der Waals surface area contributed by atoms with Gasteiger partial charge in [-0.05, 0) is 11.6 Å². The number of ether oxygens (including phenoxy) is 3. The van der Waals surface area contributed by atoms with E-state index >= 15 is 0 Å². The van der Waals surface area contributed by atoms with Gasteiger partial charge in [-0.2, -0.15) is 0 Å². The van der Waals surface area contributed by atoms with E-state index < -0.39 is 0 Å². The first-order chi connectivity index (χ1) is 9.73. The van der Waals surface area contributed by atoms with Crippen molar-refractivity contribution < 1.29 is 14.2 Å². The van der Waals surface area contributed by atoms with Gasteiger partial charge in [0.2, 0.25) is 5.75 Å². The molecule has 0 fully saturated rings. The number of anilines is 1. The highest BCUT2D eigenvalue weighted by Gasteiger charge is 2.17. The molecule has 0 saturated carbocycles. The number of benzene rings is 1. The maximum Gasteiger partial charge on any atom is 0.203 e. The lowest BCUT2D eigenvalue weighted by molar-refractivity contribution is 0.324. The van der Waals surface area contributed by atoms with Crippen molar-refractivity contribution >= 4 is 17.3 Å². The predicted octanol–water partition coefficient (Wildman–Crippen LogP) is 3.21. The van der Waals surface area contributed by atoms with Crippen molar-refractivity contribution in [3.05, 3.63) is 36.1 Å². The van der Waals surface area contributed by atoms with Crippen LogP contribution in [0.15, 0.2) is 36.1 Å². The fraction of sp³-hybridized carbons (Fsp3) is 0.333. The quantitative estimate of drug-likeness (QED) is 0.781. The number of hydrogen-bond donors (Lipinski definition) is 0. The number of halogens is 1. The van der Waals surface area contributed by atoms with Crippen molar-refractivity contribution in [2.75, 3.05) is 38.7 Å². The zero-order valence-corrected chi connectivity index (χ0v) is 12.6. The van der Waals surface area contributed by atoms with E-state index in [9.17, 15) is 0 Å². The highest BCUT2D eigenvalue weighted by molar-refractivity contribution is 6.19. The predicted molar refractivity (Wildman–Crippen MR) is 81.4 cm³/mol. The molecule has 1 heterocycles. The number of hydrogen-bond acceptors (Lipinski definition) is 4. The number of nitrogens with zero attached hydrogens (tertiary/aromatic N) is 1. The molecule has 0 bridgehead atoms. The molecular formula is C15H18ClNO3. The largest absolute Gasteiger partial charge is 0.493 e. The van der Waals surface area contributed by atoms with Crippen molar-refractivity contribution in [1.82, 2.24) is 0 Å². The van der Waals surface area contributed by atoms with Gasteiger partial charge >= 0.3 is 0 Å². The van der Waals surface area contributed by atoms with Gasteiger partial charge in [0.15, 0.2) is 11.5 Å². The Morgan fingerprint density at radius 1 is 1.10 bits per heavy atom. The van der Waals surface area contributed by atoms with Crippen LogP contribution >= 0.6 is 11.6 Å². The molecule has 108 valence electrons. The van der Waals surface area contributed by atoms with Gasteiger partial charge in [-0.1, -0.05) is 6.08 Å². The van der Waals surface area contributed by atoms with Crippen LogP contribution in [0.3, 0.4) is 0 Å². The van der Waals surface area contributed by atoms with Gasteiger partial charge in [-0.3, -0.25) is 0 Å². The second-order valence-electron chi connectivity index (χ2n) is 4.31. The van der Waals surface area contributed by atoms with Crippen LogP contribution < -0.4 is 19.1 Å². The molecule has 2 rings (SSSR count). The van der Waals surface area contributed by atoms with Crippen LogP contribution in [0, 0.1) is 0 Å². The van der Waals surface area contributed by atoms with Gasteiger partial charge in [-0.15, -0.1) is 11.6 Å². The molecule has 0 N–H and O–H groups in total. The van der Waals surface area contributed by atoms with Crippen molar-refractivity contribution in [2.24, 2.45) is 0 Å². The first-order valence-electron chi connectivity index (χ1n) is 6.22. The zero-order chi connectivity index (χ0) is 14.5. The Balaban J connectivity index is 2.38. The highest BCUT2D eigenvalue weighted by atomic mass is 35.5. The van der Waals surface area contributed by atoms with Crippen molar-refractivity contribution in [1.29, 1.82) is 0 Å². The van der Waals surface area contributed by atoms with Crippen LogP contribution in [0.25, 0.3) is 0 Å². The lowest BCUT2D eigenvalue weighted by Gasteiger charge is -2.25. The lowest BCUT2D eigenvalue weighted by Crippen LogP contribution is -2.22. The van der Waals surface area contributed by atoms with Crippen LogP contribution in [0.1, 0.15) is 0 Å². The number of alkyl halides is 1. The Morgan fingerprint density at radius 2 is 1.75 bits per heavy atom. The summed E-state index contributed by atoms with van der Waals surface area (Å²) in [5.74, 6) is 2.38. The molecule has 0 aromatic heterocycles. The highest BCUT2D eigenvalue weighted by Crippen LogP contribution is 2.41. The molecule has 0 aliphatic carbocycles. The van der Waals surface area contributed by atoms with E-state index in [1.54, 1.807) is 21.3 Å². The summed E-state index contributed by atoms with van der Waals surface area (Å²) in [6, 6.07) is 3.84. The van der Waals surface area contributed by atoms with Gasteiger partial charge in [0.05, 0.1) is 21.3 Å². The van der Waals surface area contributed by atoms with E-state index in [1.165, 1.54) is 0 Å². The van der Waals surface area contributed by atoms with E-state index in [0.717, 1.165) is 17.8 Å². The normalized spacial score (nSPS) is 14.0. The minimum absolute atomic E-state index is 0.519. The summed E-state index contributed by atoms with van der Waals surface area (Å²) in [7, 11) is 4.81. The summed E-state index contributed by atoms with van der Waals surface area (Å²) >= 11 is 5.90. The van der Waals surface area contributed by atoms with Gasteiger partial charge in [0.25, 0.3) is 0 Å². The molecule has 0 saturated heterocycles. The molecule has 1 aromatic carbocycles. The first-order valence-corrected chi connectivity index (χ1v) is 6.75. The monoisotopic (exact) mass is 295 g/mol. The maximum atomic E-state index is 5.90. The van der Waals surface area contributed by atoms with E-state index in [1.807, 2.05) is 30.5 Å². The summed E-state index contributed by atoms with van der Waals surface area (Å²) in [6.45, 7) is 0.749. The fourth-order valence-corrected chi connectivity index (χ4v) is 2.28. The molecule has 1 aromatic rings. The molecule has 1 aliphatic rings. The molecule has 0 spiro atoms. The van der Waals surface area contributed by atoms with Crippen LogP contribution in [0.5, 0.6) is 17.2 Å². The molecule has 0 radical (unpaired) electrons. The van der Waals surface area contributed by atoms with Gasteiger partial charge < -0.3 is 19.1 Å².